The topological polar surface area (TPSA) is 44.5 Å². The predicted molar refractivity (Wildman–Crippen MR) is 67.0 cm³/mol. The molecule has 0 radical (unpaired) electrons. The van der Waals surface area contributed by atoms with E-state index in [2.05, 4.69) is 29.3 Å². The van der Waals surface area contributed by atoms with Gasteiger partial charge >= 0.3 is 0 Å². The van der Waals surface area contributed by atoms with Crippen molar-refractivity contribution in [2.24, 2.45) is 11.8 Å². The largest absolute Gasteiger partial charge is 0.303 e. The zero-order valence-electron chi connectivity index (χ0n) is 10.7. The first-order valence-corrected chi connectivity index (χ1v) is 6.55. The van der Waals surface area contributed by atoms with Crippen LogP contribution in [0.2, 0.25) is 0 Å². The van der Waals surface area contributed by atoms with Crippen molar-refractivity contribution in [3.05, 3.63) is 0 Å². The third kappa shape index (κ3) is 2.74. The highest BCUT2D eigenvalue weighted by molar-refractivity contribution is 4.90. The van der Waals surface area contributed by atoms with Crippen LogP contribution in [0.3, 0.4) is 0 Å². The molecule has 0 aromatic carbocycles. The molecule has 2 rings (SSSR count). The molecule has 1 heterocycles. The minimum atomic E-state index is 0.457. The number of hydrazine groups is 1. The Hall–Kier alpha value is -0.160. The van der Waals surface area contributed by atoms with Crippen LogP contribution in [0.25, 0.3) is 0 Å². The summed E-state index contributed by atoms with van der Waals surface area (Å²) in [7, 11) is 4.43. The second kappa shape index (κ2) is 5.45. The van der Waals surface area contributed by atoms with Crippen molar-refractivity contribution in [1.82, 2.24) is 15.2 Å². The Kier molecular flexibility index (Phi) is 4.19. The summed E-state index contributed by atoms with van der Waals surface area (Å²) in [5.41, 5.74) is 3.05. The first-order valence-electron chi connectivity index (χ1n) is 6.55. The van der Waals surface area contributed by atoms with Crippen molar-refractivity contribution in [2.45, 2.75) is 37.8 Å². The van der Waals surface area contributed by atoms with Gasteiger partial charge in [0.15, 0.2) is 0 Å². The second-order valence-electron chi connectivity index (χ2n) is 5.62. The number of likely N-dealkylation sites (N-methyl/N-ethyl adjacent to an activating group) is 2. The molecule has 2 aliphatic rings. The van der Waals surface area contributed by atoms with Crippen molar-refractivity contribution in [2.75, 3.05) is 33.7 Å². The molecule has 0 amide bonds. The average molecular weight is 226 g/mol. The number of piperazine rings is 1. The van der Waals surface area contributed by atoms with Crippen molar-refractivity contribution < 1.29 is 0 Å². The van der Waals surface area contributed by atoms with Gasteiger partial charge in [-0.1, -0.05) is 19.3 Å². The van der Waals surface area contributed by atoms with Gasteiger partial charge in [0.2, 0.25) is 0 Å². The second-order valence-corrected chi connectivity index (χ2v) is 5.62. The Morgan fingerprint density at radius 1 is 1.31 bits per heavy atom. The highest BCUT2D eigenvalue weighted by atomic mass is 15.3. The van der Waals surface area contributed by atoms with Gasteiger partial charge in [-0.05, 0) is 26.4 Å². The highest BCUT2D eigenvalue weighted by Gasteiger charge is 2.32. The minimum absolute atomic E-state index is 0.457. The summed E-state index contributed by atoms with van der Waals surface area (Å²) in [6.45, 7) is 3.47. The summed E-state index contributed by atoms with van der Waals surface area (Å²) >= 11 is 0. The molecule has 0 bridgehead atoms. The fourth-order valence-corrected chi connectivity index (χ4v) is 2.90. The summed E-state index contributed by atoms with van der Waals surface area (Å²) in [5, 5.41) is 0. The van der Waals surface area contributed by atoms with Gasteiger partial charge in [-0.3, -0.25) is 16.2 Å². The van der Waals surface area contributed by atoms with Gasteiger partial charge in [0.1, 0.15) is 0 Å². The van der Waals surface area contributed by atoms with Crippen molar-refractivity contribution in [3.8, 4) is 0 Å². The van der Waals surface area contributed by atoms with E-state index in [0.717, 1.165) is 19.0 Å². The Bertz CT molecular complexity index is 217. The van der Waals surface area contributed by atoms with Crippen molar-refractivity contribution in [3.63, 3.8) is 0 Å². The lowest BCUT2D eigenvalue weighted by Gasteiger charge is -2.43. The number of hydrogen-bond donors (Lipinski definition) is 2. The standard InChI is InChI=1S/C12H26N4/c1-15-6-7-16(2)12(9-15)11(14-13)8-10-4-3-5-10/h10-12,14H,3-9,13H2,1-2H3. The normalized spacial score (nSPS) is 31.3. The van der Waals surface area contributed by atoms with Gasteiger partial charge in [-0.2, -0.15) is 0 Å². The molecule has 3 N–H and O–H groups in total. The molecular weight excluding hydrogens is 200 g/mol. The van der Waals surface area contributed by atoms with Crippen LogP contribution >= 0.6 is 0 Å². The molecule has 1 aliphatic carbocycles. The van der Waals surface area contributed by atoms with Crippen molar-refractivity contribution >= 4 is 0 Å². The molecule has 0 aromatic rings. The van der Waals surface area contributed by atoms with Crippen LogP contribution in [0, 0.1) is 5.92 Å². The zero-order valence-corrected chi connectivity index (χ0v) is 10.7. The molecule has 2 unspecified atom stereocenters. The molecule has 1 aliphatic heterocycles. The summed E-state index contributed by atoms with van der Waals surface area (Å²) in [4.78, 5) is 4.87. The van der Waals surface area contributed by atoms with Gasteiger partial charge < -0.3 is 4.90 Å². The monoisotopic (exact) mass is 226 g/mol. The van der Waals surface area contributed by atoms with Gasteiger partial charge in [0.25, 0.3) is 0 Å². The van der Waals surface area contributed by atoms with E-state index < -0.39 is 0 Å². The number of rotatable bonds is 4. The highest BCUT2D eigenvalue weighted by Crippen LogP contribution is 2.31. The molecule has 94 valence electrons. The molecule has 4 nitrogen and oxygen atoms in total. The fourth-order valence-electron chi connectivity index (χ4n) is 2.90. The first kappa shape index (κ1) is 12.3. The third-order valence-corrected chi connectivity index (χ3v) is 4.39. The SMILES string of the molecule is CN1CCN(C)C(C(CC2CCC2)NN)C1. The Labute approximate surface area is 99.1 Å². The molecule has 0 aromatic heterocycles. The zero-order chi connectivity index (χ0) is 11.5. The van der Waals surface area contributed by atoms with Crippen LogP contribution in [-0.4, -0.2) is 55.6 Å². The molecule has 16 heavy (non-hydrogen) atoms. The van der Waals surface area contributed by atoms with Gasteiger partial charge in [0.05, 0.1) is 0 Å². The molecule has 1 saturated carbocycles. The number of hydrogen-bond acceptors (Lipinski definition) is 4. The van der Waals surface area contributed by atoms with E-state index >= 15 is 0 Å². The van der Waals surface area contributed by atoms with Crippen LogP contribution in [0.4, 0.5) is 0 Å². The number of nitrogens with two attached hydrogens (primary N) is 1. The predicted octanol–water partition coefficient (Wildman–Crippen LogP) is 0.254. The maximum absolute atomic E-state index is 5.74. The van der Waals surface area contributed by atoms with E-state index in [1.54, 1.807) is 0 Å². The van der Waals surface area contributed by atoms with E-state index in [-0.39, 0.29) is 0 Å². The number of nitrogens with zero attached hydrogens (tertiary/aromatic N) is 2. The molecule has 2 atom stereocenters. The average Bonchev–Trinajstić information content (AvgIpc) is 2.21. The molecule has 4 heteroatoms. The summed E-state index contributed by atoms with van der Waals surface area (Å²) < 4.78 is 0. The summed E-state index contributed by atoms with van der Waals surface area (Å²) in [5.74, 6) is 6.66. The van der Waals surface area contributed by atoms with Crippen LogP contribution < -0.4 is 11.3 Å². The number of nitrogens with one attached hydrogen (secondary N) is 1. The fraction of sp³-hybridized carbons (Fsp3) is 1.00. The van der Waals surface area contributed by atoms with Crippen LogP contribution in [0.15, 0.2) is 0 Å². The lowest BCUT2D eigenvalue weighted by molar-refractivity contribution is 0.0746. The summed E-state index contributed by atoms with van der Waals surface area (Å²) in [6.07, 6.45) is 5.48. The minimum Gasteiger partial charge on any atom is -0.303 e. The van der Waals surface area contributed by atoms with E-state index in [1.807, 2.05) is 0 Å². The maximum Gasteiger partial charge on any atom is 0.0387 e. The summed E-state index contributed by atoms with van der Waals surface area (Å²) in [6, 6.07) is 1.03. The maximum atomic E-state index is 5.74. The Morgan fingerprint density at radius 2 is 2.06 bits per heavy atom. The molecule has 2 fully saturated rings. The quantitative estimate of drug-likeness (QED) is 0.533. The smallest absolute Gasteiger partial charge is 0.0387 e. The third-order valence-electron chi connectivity index (χ3n) is 4.39. The van der Waals surface area contributed by atoms with Crippen LogP contribution in [0.5, 0.6) is 0 Å². The lowest BCUT2D eigenvalue weighted by Crippen LogP contribution is -2.60. The Balaban J connectivity index is 1.89. The first-order chi connectivity index (χ1) is 7.70. The van der Waals surface area contributed by atoms with E-state index in [4.69, 9.17) is 5.84 Å². The van der Waals surface area contributed by atoms with Crippen molar-refractivity contribution in [1.29, 1.82) is 0 Å². The molecular formula is C12H26N4. The van der Waals surface area contributed by atoms with Crippen LogP contribution in [-0.2, 0) is 0 Å². The van der Waals surface area contributed by atoms with E-state index in [0.29, 0.717) is 12.1 Å². The van der Waals surface area contributed by atoms with E-state index in [1.165, 1.54) is 32.2 Å². The molecule has 1 saturated heterocycles. The Morgan fingerprint density at radius 3 is 2.62 bits per heavy atom. The molecule has 0 spiro atoms. The van der Waals surface area contributed by atoms with Gasteiger partial charge in [0, 0.05) is 31.7 Å². The van der Waals surface area contributed by atoms with Gasteiger partial charge in [-0.15, -0.1) is 0 Å². The van der Waals surface area contributed by atoms with E-state index in [9.17, 15) is 0 Å². The van der Waals surface area contributed by atoms with Crippen LogP contribution in [0.1, 0.15) is 25.7 Å². The van der Waals surface area contributed by atoms with Gasteiger partial charge in [-0.25, -0.2) is 0 Å². The lowest BCUT2D eigenvalue weighted by atomic mass is 9.79.